The fourth-order valence-corrected chi connectivity index (χ4v) is 6.24. The Bertz CT molecular complexity index is 1150. The van der Waals surface area contributed by atoms with Gasteiger partial charge in [-0.3, -0.25) is 0 Å². The van der Waals surface area contributed by atoms with Crippen LogP contribution in [0.3, 0.4) is 0 Å². The molecule has 3 rings (SSSR count). The van der Waals surface area contributed by atoms with Gasteiger partial charge in [-0.1, -0.05) is 92.1 Å². The van der Waals surface area contributed by atoms with Crippen LogP contribution >= 0.6 is 8.58 Å². The lowest BCUT2D eigenvalue weighted by Crippen LogP contribution is -2.29. The van der Waals surface area contributed by atoms with E-state index in [0.717, 1.165) is 24.2 Å². The molecule has 5 heteroatoms. The van der Waals surface area contributed by atoms with Crippen molar-refractivity contribution in [1.29, 1.82) is 0 Å². The minimum atomic E-state index is -0.0612. The zero-order valence-corrected chi connectivity index (χ0v) is 24.3. The molecule has 0 aliphatic rings. The van der Waals surface area contributed by atoms with E-state index < -0.39 is 0 Å². The highest BCUT2D eigenvalue weighted by Crippen LogP contribution is 2.53. The summed E-state index contributed by atoms with van der Waals surface area (Å²) in [4.78, 5) is 0. The first-order valence-corrected chi connectivity index (χ1v) is 14.0. The maximum atomic E-state index is 6.44. The molecule has 1 unspecified atom stereocenters. The summed E-state index contributed by atoms with van der Waals surface area (Å²) < 4.78 is 13.7. The van der Waals surface area contributed by atoms with Gasteiger partial charge in [-0.25, -0.2) is 4.68 Å². The van der Waals surface area contributed by atoms with Crippen molar-refractivity contribution in [2.24, 2.45) is 11.0 Å². The quantitative estimate of drug-likeness (QED) is 0.144. The van der Waals surface area contributed by atoms with Gasteiger partial charge in [-0.2, -0.15) is 5.10 Å². The molecule has 0 saturated carbocycles. The van der Waals surface area contributed by atoms with Gasteiger partial charge < -0.3 is 9.47 Å². The van der Waals surface area contributed by atoms with Crippen molar-refractivity contribution >= 4 is 20.1 Å². The van der Waals surface area contributed by atoms with Crippen LogP contribution in [0.4, 0.5) is 0 Å². The highest BCUT2D eigenvalue weighted by molar-refractivity contribution is 7.48. The molecule has 0 saturated heterocycles. The largest absolute Gasteiger partial charge is 0.467 e. The standard InChI is InChI=1S/C31H43N2O2P/c1-9-31(10-2,36-28-16-12-11-15-25(28)21-32-33-17-13-14-18-33)27-20-24(5)19-26(29(27)35-22-34-8)30(6,7)23(3)4/h11-21,23,36H,9-10,22H2,1-8H3/b32-21+. The number of hydrogen-bond donors (Lipinski definition) is 0. The van der Waals surface area contributed by atoms with Crippen LogP contribution in [0.25, 0.3) is 0 Å². The maximum Gasteiger partial charge on any atom is 0.188 e. The molecule has 0 amide bonds. The van der Waals surface area contributed by atoms with E-state index in [4.69, 9.17) is 9.47 Å². The summed E-state index contributed by atoms with van der Waals surface area (Å²) in [5.41, 5.74) is 4.95. The van der Waals surface area contributed by atoms with Crippen LogP contribution in [0, 0.1) is 12.8 Å². The van der Waals surface area contributed by atoms with Crippen LogP contribution in [0.2, 0.25) is 0 Å². The minimum Gasteiger partial charge on any atom is -0.467 e. The molecule has 0 N–H and O–H groups in total. The van der Waals surface area contributed by atoms with E-state index in [0.29, 0.717) is 14.5 Å². The molecule has 0 bridgehead atoms. The molecule has 1 atom stereocenters. The lowest BCUT2D eigenvalue weighted by Gasteiger charge is -2.38. The maximum absolute atomic E-state index is 6.44. The molecule has 36 heavy (non-hydrogen) atoms. The van der Waals surface area contributed by atoms with Gasteiger partial charge in [-0.15, -0.1) is 0 Å². The second kappa shape index (κ2) is 12.2. The summed E-state index contributed by atoms with van der Waals surface area (Å²) >= 11 is 0. The molecule has 1 heterocycles. The molecule has 0 aliphatic heterocycles. The number of aromatic nitrogens is 1. The number of rotatable bonds is 12. The van der Waals surface area contributed by atoms with Crippen LogP contribution in [-0.4, -0.2) is 24.8 Å². The molecule has 1 aromatic heterocycles. The Hall–Kier alpha value is -2.42. The second-order valence-electron chi connectivity index (χ2n) is 10.4. The summed E-state index contributed by atoms with van der Waals surface area (Å²) in [7, 11) is 2.26. The van der Waals surface area contributed by atoms with Gasteiger partial charge in [0, 0.05) is 41.3 Å². The Labute approximate surface area is 219 Å². The predicted octanol–water partition coefficient (Wildman–Crippen LogP) is 7.61. The summed E-state index contributed by atoms with van der Waals surface area (Å²) in [6.45, 7) is 16.3. The van der Waals surface area contributed by atoms with Crippen molar-refractivity contribution in [3.63, 3.8) is 0 Å². The predicted molar refractivity (Wildman–Crippen MR) is 156 cm³/mol. The van der Waals surface area contributed by atoms with Gasteiger partial charge in [0.15, 0.2) is 6.79 Å². The fourth-order valence-electron chi connectivity index (χ4n) is 4.58. The van der Waals surface area contributed by atoms with Gasteiger partial charge in [-0.05, 0) is 48.5 Å². The molecule has 194 valence electrons. The van der Waals surface area contributed by atoms with Gasteiger partial charge in [0.1, 0.15) is 5.75 Å². The van der Waals surface area contributed by atoms with Gasteiger partial charge in [0.25, 0.3) is 0 Å². The molecule has 2 aromatic carbocycles. The Morgan fingerprint density at radius 2 is 1.64 bits per heavy atom. The van der Waals surface area contributed by atoms with Crippen LogP contribution in [0.1, 0.15) is 76.6 Å². The molecule has 0 aliphatic carbocycles. The van der Waals surface area contributed by atoms with Gasteiger partial charge >= 0.3 is 0 Å². The number of methoxy groups -OCH3 is 1. The fraction of sp³-hybridized carbons (Fsp3) is 0.452. The molecule has 4 nitrogen and oxygen atoms in total. The Kier molecular flexibility index (Phi) is 9.55. The van der Waals surface area contributed by atoms with Crippen molar-refractivity contribution in [3.8, 4) is 5.75 Å². The van der Waals surface area contributed by atoms with Crippen molar-refractivity contribution < 1.29 is 9.47 Å². The number of nitrogens with zero attached hydrogens (tertiary/aromatic N) is 2. The van der Waals surface area contributed by atoms with Crippen molar-refractivity contribution in [1.82, 2.24) is 4.68 Å². The van der Waals surface area contributed by atoms with Crippen LogP contribution in [0.5, 0.6) is 5.75 Å². The third-order valence-corrected chi connectivity index (χ3v) is 9.85. The highest BCUT2D eigenvalue weighted by atomic mass is 31.1. The van der Waals surface area contributed by atoms with Gasteiger partial charge in [0.2, 0.25) is 0 Å². The van der Waals surface area contributed by atoms with Crippen LogP contribution in [-0.2, 0) is 15.3 Å². The van der Waals surface area contributed by atoms with E-state index in [-0.39, 0.29) is 17.4 Å². The van der Waals surface area contributed by atoms with E-state index in [9.17, 15) is 0 Å². The topological polar surface area (TPSA) is 35.8 Å². The number of hydrogen-bond acceptors (Lipinski definition) is 3. The average Bonchev–Trinajstić information content (AvgIpc) is 3.39. The highest BCUT2D eigenvalue weighted by Gasteiger charge is 2.37. The summed E-state index contributed by atoms with van der Waals surface area (Å²) in [6.07, 6.45) is 7.91. The average molecular weight is 507 g/mol. The molecule has 0 fully saturated rings. The first-order valence-electron chi connectivity index (χ1n) is 13.0. The van der Waals surface area contributed by atoms with Crippen molar-refractivity contribution in [3.05, 3.63) is 83.2 Å². The Balaban J connectivity index is 2.17. The minimum absolute atomic E-state index is 0.0402. The Morgan fingerprint density at radius 3 is 2.25 bits per heavy atom. The van der Waals surface area contributed by atoms with E-state index in [1.807, 2.05) is 35.4 Å². The molecular formula is C31H43N2O2P. The molecule has 3 aromatic rings. The lowest BCUT2D eigenvalue weighted by atomic mass is 9.73. The van der Waals surface area contributed by atoms with E-state index in [1.54, 1.807) is 7.11 Å². The van der Waals surface area contributed by atoms with E-state index in [2.05, 4.69) is 90.0 Å². The zero-order chi connectivity index (χ0) is 26.3. The van der Waals surface area contributed by atoms with Gasteiger partial charge in [0.05, 0.1) is 6.21 Å². The van der Waals surface area contributed by atoms with E-state index in [1.165, 1.54) is 22.0 Å². The summed E-state index contributed by atoms with van der Waals surface area (Å²) in [5.74, 6) is 1.46. The van der Waals surface area contributed by atoms with E-state index >= 15 is 0 Å². The third-order valence-electron chi connectivity index (χ3n) is 7.67. The lowest BCUT2D eigenvalue weighted by molar-refractivity contribution is 0.0480. The zero-order valence-electron chi connectivity index (χ0n) is 23.3. The number of aryl methyl sites for hydroxylation is 1. The smallest absolute Gasteiger partial charge is 0.188 e. The summed E-state index contributed by atoms with van der Waals surface area (Å²) in [6, 6.07) is 17.3. The van der Waals surface area contributed by atoms with Crippen molar-refractivity contribution in [2.75, 3.05) is 13.9 Å². The third kappa shape index (κ3) is 6.10. The summed E-state index contributed by atoms with van der Waals surface area (Å²) in [5, 5.41) is 5.90. The van der Waals surface area contributed by atoms with Crippen LogP contribution in [0.15, 0.2) is 66.0 Å². The SMILES string of the molecule is CCC(CC)(Pc1ccccc1/C=N/n1cccc1)c1cc(C)cc(C(C)(C)C(C)C)c1OCOC. The Morgan fingerprint density at radius 1 is 1.00 bits per heavy atom. The second-order valence-corrected chi connectivity index (χ2v) is 12.2. The first kappa shape index (κ1) is 28.2. The number of benzene rings is 2. The number of ether oxygens (including phenoxy) is 2. The molecule has 0 radical (unpaired) electrons. The first-order chi connectivity index (χ1) is 17.2. The normalized spacial score (nSPS) is 12.9. The monoisotopic (exact) mass is 506 g/mol. The molecular weight excluding hydrogens is 463 g/mol. The van der Waals surface area contributed by atoms with Crippen LogP contribution < -0.4 is 10.0 Å². The molecule has 0 spiro atoms. The van der Waals surface area contributed by atoms with Crippen molar-refractivity contribution in [2.45, 2.75) is 71.9 Å².